The molecule has 5 nitrogen and oxygen atoms in total. The molecule has 1 fully saturated rings. The van der Waals surface area contributed by atoms with E-state index in [0.29, 0.717) is 5.92 Å². The number of carbonyl (C=O) groups is 1. The molecule has 0 aliphatic carbocycles. The van der Waals surface area contributed by atoms with Crippen molar-refractivity contribution in [2.24, 2.45) is 0 Å². The first kappa shape index (κ1) is 16.3. The van der Waals surface area contributed by atoms with Crippen LogP contribution in [0.4, 0.5) is 16.2 Å². The van der Waals surface area contributed by atoms with E-state index in [9.17, 15) is 4.79 Å². The summed E-state index contributed by atoms with van der Waals surface area (Å²) in [4.78, 5) is 20.8. The van der Waals surface area contributed by atoms with Gasteiger partial charge >= 0.3 is 6.03 Å². The van der Waals surface area contributed by atoms with Crippen LogP contribution in [-0.2, 0) is 0 Å². The summed E-state index contributed by atoms with van der Waals surface area (Å²) in [5.74, 6) is 0.380. The first-order valence-corrected chi connectivity index (χ1v) is 8.45. The number of hydrogen-bond donors (Lipinski definition) is 1. The molecule has 3 rings (SSSR count). The summed E-state index contributed by atoms with van der Waals surface area (Å²) in [6, 6.07) is 12.0. The molecule has 0 saturated carbocycles. The smallest absolute Gasteiger partial charge is 0.321 e. The Kier molecular flexibility index (Phi) is 4.99. The van der Waals surface area contributed by atoms with E-state index in [1.165, 1.54) is 5.56 Å². The number of rotatable bonds is 3. The average molecular weight is 324 g/mol. The molecule has 1 aromatic carbocycles. The average Bonchev–Trinajstić information content (AvgIpc) is 2.63. The molecule has 2 aromatic rings. The minimum atomic E-state index is -0.0162. The fourth-order valence-electron chi connectivity index (χ4n) is 3.03. The first-order valence-electron chi connectivity index (χ1n) is 8.45. The Morgan fingerprint density at radius 2 is 1.71 bits per heavy atom. The lowest BCUT2D eigenvalue weighted by Gasteiger charge is -2.36. The van der Waals surface area contributed by atoms with Gasteiger partial charge in [0.05, 0.1) is 0 Å². The Balaban J connectivity index is 1.60. The van der Waals surface area contributed by atoms with Crippen LogP contribution >= 0.6 is 0 Å². The van der Waals surface area contributed by atoms with E-state index in [1.54, 1.807) is 12.4 Å². The van der Waals surface area contributed by atoms with Gasteiger partial charge in [-0.05, 0) is 29.7 Å². The predicted octanol–water partition coefficient (Wildman–Crippen LogP) is 3.56. The molecule has 0 bridgehead atoms. The van der Waals surface area contributed by atoms with E-state index < -0.39 is 0 Å². The topological polar surface area (TPSA) is 48.5 Å². The Labute approximate surface area is 143 Å². The number of pyridine rings is 1. The molecule has 0 atom stereocenters. The maximum Gasteiger partial charge on any atom is 0.321 e. The highest BCUT2D eigenvalue weighted by Gasteiger charge is 2.22. The molecule has 0 spiro atoms. The van der Waals surface area contributed by atoms with Crippen molar-refractivity contribution >= 4 is 17.4 Å². The molecule has 24 heavy (non-hydrogen) atoms. The normalized spacial score (nSPS) is 14.8. The van der Waals surface area contributed by atoms with Crippen molar-refractivity contribution in [1.29, 1.82) is 0 Å². The fourth-order valence-corrected chi connectivity index (χ4v) is 3.03. The molecule has 1 saturated heterocycles. The predicted molar refractivity (Wildman–Crippen MR) is 97.6 cm³/mol. The summed E-state index contributed by atoms with van der Waals surface area (Å²) in [6.45, 7) is 7.39. The zero-order valence-electron chi connectivity index (χ0n) is 14.3. The summed E-state index contributed by atoms with van der Waals surface area (Å²) in [6.07, 6.45) is 3.61. The number of urea groups is 1. The van der Waals surface area contributed by atoms with Gasteiger partial charge in [-0.15, -0.1) is 0 Å². The molecular formula is C19H24N4O. The zero-order valence-corrected chi connectivity index (χ0v) is 14.3. The second kappa shape index (κ2) is 7.34. The largest absolute Gasteiger partial charge is 0.368 e. The van der Waals surface area contributed by atoms with Gasteiger partial charge in [0.15, 0.2) is 0 Å². The van der Waals surface area contributed by atoms with Crippen LogP contribution in [0.1, 0.15) is 25.3 Å². The molecule has 126 valence electrons. The summed E-state index contributed by atoms with van der Waals surface area (Å²) < 4.78 is 0. The number of piperazine rings is 1. The Bertz CT molecular complexity index is 679. The number of para-hydroxylation sites is 1. The number of nitrogens with one attached hydrogen (secondary N) is 1. The van der Waals surface area contributed by atoms with Crippen LogP contribution in [0.5, 0.6) is 0 Å². The Morgan fingerprint density at radius 1 is 1.04 bits per heavy atom. The molecule has 0 unspecified atom stereocenters. The molecule has 1 N–H and O–H groups in total. The number of amides is 2. The molecule has 0 radical (unpaired) electrons. The highest BCUT2D eigenvalue weighted by Crippen LogP contribution is 2.24. The lowest BCUT2D eigenvalue weighted by molar-refractivity contribution is 0.208. The minimum absolute atomic E-state index is 0.0162. The van der Waals surface area contributed by atoms with Crippen molar-refractivity contribution in [2.45, 2.75) is 19.8 Å². The number of aromatic nitrogens is 1. The van der Waals surface area contributed by atoms with Crippen LogP contribution in [-0.4, -0.2) is 42.1 Å². The number of benzene rings is 1. The van der Waals surface area contributed by atoms with E-state index in [-0.39, 0.29) is 6.03 Å². The van der Waals surface area contributed by atoms with Crippen molar-refractivity contribution < 1.29 is 4.79 Å². The molecule has 2 heterocycles. The van der Waals surface area contributed by atoms with Crippen molar-refractivity contribution in [2.75, 3.05) is 36.4 Å². The third-order valence-electron chi connectivity index (χ3n) is 4.42. The maximum atomic E-state index is 12.6. The van der Waals surface area contributed by atoms with Gasteiger partial charge in [-0.2, -0.15) is 0 Å². The van der Waals surface area contributed by atoms with E-state index in [4.69, 9.17) is 0 Å². The molecule has 1 aliphatic heterocycles. The van der Waals surface area contributed by atoms with Gasteiger partial charge < -0.3 is 15.1 Å². The summed E-state index contributed by atoms with van der Waals surface area (Å²) in [5, 5.41) is 3.07. The molecular weight excluding hydrogens is 300 g/mol. The fraction of sp³-hybridized carbons (Fsp3) is 0.368. The Morgan fingerprint density at radius 3 is 2.38 bits per heavy atom. The van der Waals surface area contributed by atoms with Crippen molar-refractivity contribution in [3.63, 3.8) is 0 Å². The van der Waals surface area contributed by atoms with Crippen LogP contribution in [0.3, 0.4) is 0 Å². The Hall–Kier alpha value is -2.56. The van der Waals surface area contributed by atoms with Gasteiger partial charge in [-0.3, -0.25) is 4.98 Å². The standard InChI is InChI=1S/C19H24N4O/c1-15(2)17-5-3-4-6-18(17)21-19(24)23-13-11-22(12-14-23)16-7-9-20-10-8-16/h3-10,15H,11-14H2,1-2H3,(H,21,24). The molecule has 5 heteroatoms. The van der Waals surface area contributed by atoms with E-state index in [1.807, 2.05) is 35.2 Å². The van der Waals surface area contributed by atoms with Gasteiger partial charge in [0, 0.05) is 49.9 Å². The monoisotopic (exact) mass is 324 g/mol. The van der Waals surface area contributed by atoms with Crippen LogP contribution in [0.25, 0.3) is 0 Å². The van der Waals surface area contributed by atoms with Gasteiger partial charge in [-0.1, -0.05) is 32.0 Å². The second-order valence-corrected chi connectivity index (χ2v) is 6.35. The quantitative estimate of drug-likeness (QED) is 0.939. The number of anilines is 2. The van der Waals surface area contributed by atoms with Crippen LogP contribution in [0.2, 0.25) is 0 Å². The lowest BCUT2D eigenvalue weighted by atomic mass is 10.0. The number of hydrogen-bond acceptors (Lipinski definition) is 3. The van der Waals surface area contributed by atoms with Crippen molar-refractivity contribution in [3.05, 3.63) is 54.4 Å². The summed E-state index contributed by atoms with van der Waals surface area (Å²) in [5.41, 5.74) is 3.24. The van der Waals surface area contributed by atoms with E-state index in [2.05, 4.69) is 35.1 Å². The first-order chi connectivity index (χ1) is 11.6. The van der Waals surface area contributed by atoms with E-state index >= 15 is 0 Å². The highest BCUT2D eigenvalue weighted by molar-refractivity contribution is 5.90. The maximum absolute atomic E-state index is 12.6. The van der Waals surface area contributed by atoms with Crippen molar-refractivity contribution in [1.82, 2.24) is 9.88 Å². The van der Waals surface area contributed by atoms with Crippen molar-refractivity contribution in [3.8, 4) is 0 Å². The van der Waals surface area contributed by atoms with Gasteiger partial charge in [0.25, 0.3) is 0 Å². The number of carbonyl (C=O) groups excluding carboxylic acids is 1. The summed E-state index contributed by atoms with van der Waals surface area (Å²) >= 11 is 0. The third kappa shape index (κ3) is 3.67. The molecule has 2 amide bonds. The summed E-state index contributed by atoms with van der Waals surface area (Å²) in [7, 11) is 0. The molecule has 1 aromatic heterocycles. The minimum Gasteiger partial charge on any atom is -0.368 e. The molecule has 1 aliphatic rings. The zero-order chi connectivity index (χ0) is 16.9. The number of nitrogens with zero attached hydrogens (tertiary/aromatic N) is 3. The van der Waals surface area contributed by atoms with Crippen LogP contribution in [0.15, 0.2) is 48.8 Å². The van der Waals surface area contributed by atoms with E-state index in [0.717, 1.165) is 37.6 Å². The third-order valence-corrected chi connectivity index (χ3v) is 4.42. The van der Waals surface area contributed by atoms with Crippen LogP contribution < -0.4 is 10.2 Å². The SMILES string of the molecule is CC(C)c1ccccc1NC(=O)N1CCN(c2ccncc2)CC1. The second-order valence-electron chi connectivity index (χ2n) is 6.35. The van der Waals surface area contributed by atoms with Gasteiger partial charge in [0.2, 0.25) is 0 Å². The lowest BCUT2D eigenvalue weighted by Crippen LogP contribution is -2.50. The highest BCUT2D eigenvalue weighted by atomic mass is 16.2. The van der Waals surface area contributed by atoms with Crippen LogP contribution in [0, 0.1) is 0 Å². The van der Waals surface area contributed by atoms with Gasteiger partial charge in [0.1, 0.15) is 0 Å². The van der Waals surface area contributed by atoms with Gasteiger partial charge in [-0.25, -0.2) is 4.79 Å².